The van der Waals surface area contributed by atoms with Crippen LogP contribution in [-0.2, 0) is 4.79 Å². The van der Waals surface area contributed by atoms with Gasteiger partial charge in [-0.15, -0.1) is 12.4 Å². The van der Waals surface area contributed by atoms with Gasteiger partial charge in [-0.3, -0.25) is 4.79 Å². The average Bonchev–Trinajstić information content (AvgIpc) is 2.86. The molecule has 1 heterocycles. The van der Waals surface area contributed by atoms with Gasteiger partial charge in [0, 0.05) is 18.5 Å². The second-order valence-electron chi connectivity index (χ2n) is 5.62. The molecule has 1 aliphatic carbocycles. The summed E-state index contributed by atoms with van der Waals surface area (Å²) in [6.45, 7) is 3.86. The lowest BCUT2D eigenvalue weighted by Crippen LogP contribution is -2.47. The molecule has 18 heavy (non-hydrogen) atoms. The highest BCUT2D eigenvalue weighted by Crippen LogP contribution is 2.34. The SMILES string of the molecule is CCC1CCCCN1C(=O)[C@@H]1CCC[C@@H]1CN.Cl. The van der Waals surface area contributed by atoms with Crippen LogP contribution in [0.2, 0.25) is 0 Å². The van der Waals surface area contributed by atoms with E-state index in [4.69, 9.17) is 5.73 Å². The highest BCUT2D eigenvalue weighted by atomic mass is 35.5. The fraction of sp³-hybridized carbons (Fsp3) is 0.929. The molecule has 0 radical (unpaired) electrons. The summed E-state index contributed by atoms with van der Waals surface area (Å²) in [5.41, 5.74) is 5.79. The van der Waals surface area contributed by atoms with Crippen molar-refractivity contribution >= 4 is 18.3 Å². The van der Waals surface area contributed by atoms with Gasteiger partial charge in [0.05, 0.1) is 0 Å². The third kappa shape index (κ3) is 3.18. The quantitative estimate of drug-likeness (QED) is 0.860. The highest BCUT2D eigenvalue weighted by molar-refractivity contribution is 5.85. The monoisotopic (exact) mass is 274 g/mol. The van der Waals surface area contributed by atoms with Crippen molar-refractivity contribution in [2.24, 2.45) is 17.6 Å². The molecule has 1 saturated heterocycles. The lowest BCUT2D eigenvalue weighted by Gasteiger charge is -2.37. The van der Waals surface area contributed by atoms with Gasteiger partial charge in [-0.25, -0.2) is 0 Å². The van der Waals surface area contributed by atoms with Crippen molar-refractivity contribution in [2.75, 3.05) is 13.1 Å². The molecule has 1 saturated carbocycles. The van der Waals surface area contributed by atoms with Crippen molar-refractivity contribution in [2.45, 2.75) is 57.9 Å². The number of piperidine rings is 1. The van der Waals surface area contributed by atoms with E-state index in [9.17, 15) is 4.79 Å². The number of likely N-dealkylation sites (tertiary alicyclic amines) is 1. The number of hydrogen-bond donors (Lipinski definition) is 1. The summed E-state index contributed by atoms with van der Waals surface area (Å²) in [7, 11) is 0. The molecule has 1 amide bonds. The van der Waals surface area contributed by atoms with Gasteiger partial charge in [0.15, 0.2) is 0 Å². The first kappa shape index (κ1) is 15.8. The Hall–Kier alpha value is -0.280. The van der Waals surface area contributed by atoms with E-state index in [-0.39, 0.29) is 18.3 Å². The number of nitrogens with zero attached hydrogens (tertiary/aromatic N) is 1. The predicted molar refractivity (Wildman–Crippen MR) is 76.8 cm³/mol. The largest absolute Gasteiger partial charge is 0.339 e. The normalized spacial score (nSPS) is 32.1. The van der Waals surface area contributed by atoms with E-state index >= 15 is 0 Å². The molecule has 2 aliphatic rings. The summed E-state index contributed by atoms with van der Waals surface area (Å²) in [6.07, 6.45) is 8.16. The minimum Gasteiger partial charge on any atom is -0.339 e. The zero-order valence-corrected chi connectivity index (χ0v) is 12.3. The van der Waals surface area contributed by atoms with Crippen LogP contribution in [0.5, 0.6) is 0 Å². The summed E-state index contributed by atoms with van der Waals surface area (Å²) in [5.74, 6) is 1.08. The Bertz CT molecular complexity index is 273. The molecule has 0 aromatic carbocycles. The Morgan fingerprint density at radius 2 is 2.00 bits per heavy atom. The lowest BCUT2D eigenvalue weighted by molar-refractivity contribution is -0.140. The maximum atomic E-state index is 12.6. The molecule has 106 valence electrons. The number of hydrogen-bond acceptors (Lipinski definition) is 2. The van der Waals surface area contributed by atoms with E-state index in [2.05, 4.69) is 11.8 Å². The Labute approximate surface area is 117 Å². The van der Waals surface area contributed by atoms with Crippen molar-refractivity contribution in [3.05, 3.63) is 0 Å². The Balaban J connectivity index is 0.00000162. The average molecular weight is 275 g/mol. The molecule has 2 fully saturated rings. The highest BCUT2D eigenvalue weighted by Gasteiger charge is 2.37. The summed E-state index contributed by atoms with van der Waals surface area (Å²) >= 11 is 0. The van der Waals surface area contributed by atoms with Crippen LogP contribution in [0.1, 0.15) is 51.9 Å². The van der Waals surface area contributed by atoms with Gasteiger partial charge in [0.2, 0.25) is 5.91 Å². The lowest BCUT2D eigenvalue weighted by atomic mass is 9.91. The fourth-order valence-electron chi connectivity index (χ4n) is 3.57. The molecule has 4 heteroatoms. The number of amides is 1. The number of halogens is 1. The molecule has 1 aliphatic heterocycles. The first-order valence-electron chi connectivity index (χ1n) is 7.28. The minimum atomic E-state index is 0. The third-order valence-electron chi connectivity index (χ3n) is 4.66. The van der Waals surface area contributed by atoms with Crippen LogP contribution >= 0.6 is 12.4 Å². The molecular weight excluding hydrogens is 248 g/mol. The molecule has 0 bridgehead atoms. The van der Waals surface area contributed by atoms with Crippen LogP contribution in [0.15, 0.2) is 0 Å². The van der Waals surface area contributed by atoms with Crippen LogP contribution in [0.4, 0.5) is 0 Å². The molecular formula is C14H27ClN2O. The van der Waals surface area contributed by atoms with Crippen molar-refractivity contribution in [3.8, 4) is 0 Å². The Kier molecular flexibility index (Phi) is 6.44. The molecule has 0 aromatic rings. The first-order valence-corrected chi connectivity index (χ1v) is 7.28. The van der Waals surface area contributed by atoms with E-state index < -0.39 is 0 Å². The van der Waals surface area contributed by atoms with Gasteiger partial charge in [-0.1, -0.05) is 13.3 Å². The van der Waals surface area contributed by atoms with E-state index in [1.54, 1.807) is 0 Å². The van der Waals surface area contributed by atoms with Crippen LogP contribution < -0.4 is 5.73 Å². The number of carbonyl (C=O) groups excluding carboxylic acids is 1. The van der Waals surface area contributed by atoms with Crippen molar-refractivity contribution in [3.63, 3.8) is 0 Å². The van der Waals surface area contributed by atoms with Gasteiger partial charge in [-0.05, 0) is 51.0 Å². The predicted octanol–water partition coefficient (Wildman–Crippen LogP) is 2.57. The maximum absolute atomic E-state index is 12.6. The summed E-state index contributed by atoms with van der Waals surface area (Å²) in [5, 5.41) is 0. The van der Waals surface area contributed by atoms with E-state index in [0.29, 0.717) is 24.4 Å². The molecule has 2 N–H and O–H groups in total. The van der Waals surface area contributed by atoms with Crippen molar-refractivity contribution in [1.82, 2.24) is 4.90 Å². The molecule has 0 spiro atoms. The van der Waals surface area contributed by atoms with Gasteiger partial charge in [0.25, 0.3) is 0 Å². The molecule has 2 rings (SSSR count). The standard InChI is InChI=1S/C14H26N2O.ClH/c1-2-12-7-3-4-9-16(12)14(17)13-8-5-6-11(13)10-15;/h11-13H,2-10,15H2,1H3;1H/t11-,12?,13-;/m1./s1. The Morgan fingerprint density at radius 1 is 1.22 bits per heavy atom. The maximum Gasteiger partial charge on any atom is 0.226 e. The fourth-order valence-corrected chi connectivity index (χ4v) is 3.57. The van der Waals surface area contributed by atoms with Crippen molar-refractivity contribution in [1.29, 1.82) is 0 Å². The Morgan fingerprint density at radius 3 is 2.67 bits per heavy atom. The van der Waals surface area contributed by atoms with Gasteiger partial charge < -0.3 is 10.6 Å². The van der Waals surface area contributed by atoms with E-state index in [1.807, 2.05) is 0 Å². The van der Waals surface area contributed by atoms with Crippen molar-refractivity contribution < 1.29 is 4.79 Å². The van der Waals surface area contributed by atoms with Crippen LogP contribution in [-0.4, -0.2) is 29.9 Å². The zero-order chi connectivity index (χ0) is 12.3. The summed E-state index contributed by atoms with van der Waals surface area (Å²) in [4.78, 5) is 14.8. The zero-order valence-electron chi connectivity index (χ0n) is 11.4. The summed E-state index contributed by atoms with van der Waals surface area (Å²) < 4.78 is 0. The molecule has 1 unspecified atom stereocenters. The van der Waals surface area contributed by atoms with Gasteiger partial charge >= 0.3 is 0 Å². The second kappa shape index (κ2) is 7.34. The van der Waals surface area contributed by atoms with Gasteiger partial charge in [0.1, 0.15) is 0 Å². The molecule has 3 nitrogen and oxygen atoms in total. The van der Waals surface area contributed by atoms with E-state index in [1.165, 1.54) is 25.7 Å². The number of carbonyl (C=O) groups is 1. The third-order valence-corrected chi connectivity index (χ3v) is 4.66. The summed E-state index contributed by atoms with van der Waals surface area (Å²) in [6, 6.07) is 0.496. The molecule has 3 atom stereocenters. The first-order chi connectivity index (χ1) is 8.27. The van der Waals surface area contributed by atoms with Crippen LogP contribution in [0.25, 0.3) is 0 Å². The van der Waals surface area contributed by atoms with Crippen LogP contribution in [0, 0.1) is 11.8 Å². The smallest absolute Gasteiger partial charge is 0.226 e. The van der Waals surface area contributed by atoms with Gasteiger partial charge in [-0.2, -0.15) is 0 Å². The van der Waals surface area contributed by atoms with E-state index in [0.717, 1.165) is 25.8 Å². The number of rotatable bonds is 3. The minimum absolute atomic E-state index is 0. The van der Waals surface area contributed by atoms with Crippen LogP contribution in [0.3, 0.4) is 0 Å². The molecule has 0 aromatic heterocycles. The topological polar surface area (TPSA) is 46.3 Å². The number of nitrogens with two attached hydrogens (primary N) is 1. The second-order valence-corrected chi connectivity index (χ2v) is 5.62.